The smallest absolute Gasteiger partial charge is 0.270 e. The van der Waals surface area contributed by atoms with E-state index in [9.17, 15) is 19.2 Å². The van der Waals surface area contributed by atoms with Gasteiger partial charge in [0.15, 0.2) is 0 Å². The summed E-state index contributed by atoms with van der Waals surface area (Å²) in [6, 6.07) is 4.70. The van der Waals surface area contributed by atoms with Crippen molar-refractivity contribution in [2.24, 2.45) is 11.3 Å². The largest absolute Gasteiger partial charge is 0.343 e. The van der Waals surface area contributed by atoms with Gasteiger partial charge in [-0.2, -0.15) is 5.10 Å². The molecule has 2 heterocycles. The van der Waals surface area contributed by atoms with Crippen LogP contribution in [-0.4, -0.2) is 88.0 Å². The first kappa shape index (κ1) is 34.1. The molecule has 0 unspecified atom stereocenters. The molecule has 11 nitrogen and oxygen atoms in total. The first-order chi connectivity index (χ1) is 23.1. The van der Waals surface area contributed by atoms with Crippen LogP contribution in [0.3, 0.4) is 0 Å². The van der Waals surface area contributed by atoms with Gasteiger partial charge in [-0.15, -0.1) is 0 Å². The molecule has 48 heavy (non-hydrogen) atoms. The van der Waals surface area contributed by atoms with E-state index in [-0.39, 0.29) is 41.2 Å². The van der Waals surface area contributed by atoms with Crippen LogP contribution in [-0.2, 0) is 26.3 Å². The molecule has 3 aliphatic carbocycles. The minimum absolute atomic E-state index is 0.0190. The van der Waals surface area contributed by atoms with Gasteiger partial charge in [0.25, 0.3) is 5.91 Å². The molecule has 3 atom stereocenters. The summed E-state index contributed by atoms with van der Waals surface area (Å²) in [6.07, 6.45) is 9.16. The molecule has 1 spiro atoms. The fourth-order valence-corrected chi connectivity index (χ4v) is 7.99. The number of nitrogens with one attached hydrogen (secondary N) is 3. The van der Waals surface area contributed by atoms with Crippen molar-refractivity contribution in [3.05, 3.63) is 47.5 Å². The fourth-order valence-electron chi connectivity index (χ4n) is 7.99. The number of nitrogens with zero attached hydrogens (tertiary/aromatic N) is 4. The third-order valence-corrected chi connectivity index (χ3v) is 11.4. The van der Waals surface area contributed by atoms with Gasteiger partial charge in [0.05, 0.1) is 5.69 Å². The number of aryl methyl sites for hydroxylation is 1. The van der Waals surface area contributed by atoms with Crippen LogP contribution in [0, 0.1) is 17.2 Å². The van der Waals surface area contributed by atoms with E-state index < -0.39 is 29.2 Å². The fraction of sp³-hybridized carbons (Fsp3) is 0.639. The van der Waals surface area contributed by atoms with Crippen molar-refractivity contribution in [1.29, 1.82) is 0 Å². The van der Waals surface area contributed by atoms with Crippen molar-refractivity contribution in [3.8, 4) is 0 Å². The maximum absolute atomic E-state index is 15.9. The van der Waals surface area contributed by atoms with Gasteiger partial charge in [0.2, 0.25) is 17.7 Å². The highest BCUT2D eigenvalue weighted by molar-refractivity contribution is 6.01. The van der Waals surface area contributed by atoms with Crippen LogP contribution in [0.4, 0.5) is 10.1 Å². The molecule has 1 saturated heterocycles. The number of rotatable bonds is 12. The summed E-state index contributed by atoms with van der Waals surface area (Å²) in [5, 5.41) is 12.9. The number of aromatic nitrogens is 2. The number of amides is 4. The molecule has 4 aliphatic rings. The Morgan fingerprint density at radius 1 is 0.958 bits per heavy atom. The number of halogens is 1. The summed E-state index contributed by atoms with van der Waals surface area (Å²) in [5.74, 6) is -1.86. The van der Waals surface area contributed by atoms with Crippen LogP contribution in [0.5, 0.6) is 0 Å². The van der Waals surface area contributed by atoms with Gasteiger partial charge in [0.1, 0.15) is 23.6 Å². The van der Waals surface area contributed by atoms with Gasteiger partial charge >= 0.3 is 0 Å². The molecular formula is C36H50FN7O4. The van der Waals surface area contributed by atoms with Gasteiger partial charge in [-0.25, -0.2) is 4.39 Å². The molecule has 1 aliphatic heterocycles. The SMILES string of the molecule is CCC(=O)N[C@@H](C(=O)N1CCN(CC)CC1)C1(c2ccc(NC(=O)[C@@H](NC(=O)c3ccnn3CC)[C@H]3CCCC4(CC4)C3)c(F)c2)CC1. The molecule has 0 bridgehead atoms. The normalized spacial score (nSPS) is 22.4. The molecule has 3 N–H and O–H groups in total. The Morgan fingerprint density at radius 2 is 1.71 bits per heavy atom. The maximum Gasteiger partial charge on any atom is 0.270 e. The lowest BCUT2D eigenvalue weighted by atomic mass is 9.75. The Kier molecular flexibility index (Phi) is 9.92. The Hall–Kier alpha value is -3.80. The van der Waals surface area contributed by atoms with Crippen molar-refractivity contribution in [3.63, 3.8) is 0 Å². The summed E-state index contributed by atoms with van der Waals surface area (Å²) in [7, 11) is 0. The summed E-state index contributed by atoms with van der Waals surface area (Å²) >= 11 is 0. The Labute approximate surface area is 282 Å². The van der Waals surface area contributed by atoms with Gasteiger partial charge in [-0.1, -0.05) is 26.3 Å². The Bertz CT molecular complexity index is 1530. The van der Waals surface area contributed by atoms with Crippen LogP contribution in [0.25, 0.3) is 0 Å². The highest BCUT2D eigenvalue weighted by Gasteiger charge is 2.55. The molecule has 0 radical (unpaired) electrons. The number of anilines is 1. The molecule has 260 valence electrons. The predicted octanol–water partition coefficient (Wildman–Crippen LogP) is 3.84. The van der Waals surface area contributed by atoms with Gasteiger partial charge in [0, 0.05) is 50.8 Å². The van der Waals surface area contributed by atoms with E-state index in [0.29, 0.717) is 43.7 Å². The summed E-state index contributed by atoms with van der Waals surface area (Å²) in [4.78, 5) is 57.9. The minimum Gasteiger partial charge on any atom is -0.343 e. The number of carbonyl (C=O) groups excluding carboxylic acids is 4. The number of carbonyl (C=O) groups is 4. The molecule has 12 heteroatoms. The second-order valence-corrected chi connectivity index (χ2v) is 14.3. The lowest BCUT2D eigenvalue weighted by Gasteiger charge is -2.38. The number of piperazine rings is 1. The van der Waals surface area contributed by atoms with Crippen molar-refractivity contribution < 1.29 is 23.6 Å². The molecule has 1 aromatic carbocycles. The van der Waals surface area contributed by atoms with Gasteiger partial charge in [-0.3, -0.25) is 23.9 Å². The lowest BCUT2D eigenvalue weighted by Crippen LogP contribution is -2.58. The average Bonchev–Trinajstić information content (AvgIpc) is 4.02. The van der Waals surface area contributed by atoms with E-state index in [0.717, 1.165) is 58.2 Å². The third-order valence-electron chi connectivity index (χ3n) is 11.4. The molecule has 2 aromatic rings. The van der Waals surface area contributed by atoms with Crippen LogP contribution in [0.1, 0.15) is 94.6 Å². The van der Waals surface area contributed by atoms with Crippen LogP contribution in [0.2, 0.25) is 0 Å². The lowest BCUT2D eigenvalue weighted by molar-refractivity contribution is -0.139. The first-order valence-corrected chi connectivity index (χ1v) is 17.9. The number of likely N-dealkylation sites (N-methyl/N-ethyl adjacent to an activating group) is 1. The third kappa shape index (κ3) is 6.99. The molecule has 3 saturated carbocycles. The topological polar surface area (TPSA) is 129 Å². The summed E-state index contributed by atoms with van der Waals surface area (Å²) in [6.45, 7) is 9.90. The van der Waals surface area contributed by atoms with E-state index in [1.165, 1.54) is 6.07 Å². The number of hydrogen-bond acceptors (Lipinski definition) is 6. The van der Waals surface area contributed by atoms with Crippen molar-refractivity contribution in [2.45, 2.75) is 103 Å². The van der Waals surface area contributed by atoms with Crippen molar-refractivity contribution >= 4 is 29.3 Å². The van der Waals surface area contributed by atoms with Crippen LogP contribution in [0.15, 0.2) is 30.5 Å². The summed E-state index contributed by atoms with van der Waals surface area (Å²) < 4.78 is 17.5. The maximum atomic E-state index is 15.9. The standard InChI is InChI=1S/C36H50FN7O4/c1-4-29(45)40-31(34(48)43-20-18-42(5-2)19-21-43)36(15-16-36)25-9-10-27(26(37)22-25)39-33(47)30(24-8-7-12-35(23-24)13-14-35)41-32(46)28-11-17-38-44(28)6-3/h9-11,17,22,24,30-31H,4-8,12-16,18-21,23H2,1-3H3,(H,39,47)(H,40,45)(H,41,46)/t24-,30-,31-/m0/s1. The highest BCUT2D eigenvalue weighted by atomic mass is 19.1. The second kappa shape index (κ2) is 14.0. The molecule has 4 amide bonds. The monoisotopic (exact) mass is 663 g/mol. The van der Waals surface area contributed by atoms with Crippen molar-refractivity contribution in [2.75, 3.05) is 38.0 Å². The zero-order chi connectivity index (χ0) is 34.1. The predicted molar refractivity (Wildman–Crippen MR) is 180 cm³/mol. The molecule has 1 aromatic heterocycles. The Balaban J connectivity index is 1.21. The summed E-state index contributed by atoms with van der Waals surface area (Å²) in [5.41, 5.74) is 0.565. The average molecular weight is 664 g/mol. The zero-order valence-electron chi connectivity index (χ0n) is 28.5. The highest BCUT2D eigenvalue weighted by Crippen LogP contribution is 2.58. The number of hydrogen-bond donors (Lipinski definition) is 3. The van der Waals surface area contributed by atoms with E-state index in [4.69, 9.17) is 0 Å². The van der Waals surface area contributed by atoms with E-state index in [2.05, 4.69) is 32.9 Å². The molecule has 6 rings (SSSR count). The second-order valence-electron chi connectivity index (χ2n) is 14.3. The van der Waals surface area contributed by atoms with E-state index >= 15 is 4.39 Å². The minimum atomic E-state index is -0.830. The van der Waals surface area contributed by atoms with Gasteiger partial charge < -0.3 is 25.8 Å². The molecular weight excluding hydrogens is 613 g/mol. The Morgan fingerprint density at radius 3 is 2.33 bits per heavy atom. The van der Waals surface area contributed by atoms with Gasteiger partial charge in [-0.05, 0) is 93.5 Å². The van der Waals surface area contributed by atoms with Crippen LogP contribution < -0.4 is 16.0 Å². The quantitative estimate of drug-likeness (QED) is 0.317. The van der Waals surface area contributed by atoms with E-state index in [1.54, 1.807) is 36.0 Å². The first-order valence-electron chi connectivity index (χ1n) is 17.9. The number of benzene rings is 1. The van der Waals surface area contributed by atoms with Crippen LogP contribution >= 0.6 is 0 Å². The zero-order valence-corrected chi connectivity index (χ0v) is 28.5. The van der Waals surface area contributed by atoms with Crippen molar-refractivity contribution in [1.82, 2.24) is 30.2 Å². The van der Waals surface area contributed by atoms with E-state index in [1.807, 2.05) is 11.8 Å². The molecule has 4 fully saturated rings.